The van der Waals surface area contributed by atoms with Crippen molar-refractivity contribution in [1.29, 1.82) is 0 Å². The van der Waals surface area contributed by atoms with Crippen LogP contribution in [0.3, 0.4) is 0 Å². The second-order valence-corrected chi connectivity index (χ2v) is 6.45. The molecule has 0 spiro atoms. The Morgan fingerprint density at radius 3 is 2.21 bits per heavy atom. The molecular weight excluding hydrogens is 377 g/mol. The van der Waals surface area contributed by atoms with Crippen LogP contribution in [-0.4, -0.2) is 7.11 Å². The topological polar surface area (TPSA) is 30.5 Å². The molecule has 148 valence electrons. The highest BCUT2D eigenvalue weighted by Crippen LogP contribution is 2.32. The lowest BCUT2D eigenvalue weighted by Gasteiger charge is -2.16. The second kappa shape index (κ2) is 10.7. The summed E-state index contributed by atoms with van der Waals surface area (Å²) < 4.78 is 24.6. The van der Waals surface area contributed by atoms with Crippen molar-refractivity contribution in [3.05, 3.63) is 94.8 Å². The monoisotopic (exact) mass is 401 g/mol. The van der Waals surface area contributed by atoms with Gasteiger partial charge in [0.05, 0.1) is 7.11 Å². The van der Waals surface area contributed by atoms with Gasteiger partial charge in [0.25, 0.3) is 0 Å². The van der Waals surface area contributed by atoms with E-state index in [2.05, 4.69) is 36.5 Å². The van der Waals surface area contributed by atoms with E-state index in [0.29, 0.717) is 25.4 Å². The van der Waals surface area contributed by atoms with E-state index in [9.17, 15) is 4.39 Å². The predicted octanol–water partition coefficient (Wildman–Crippen LogP) is 5.43. The molecule has 28 heavy (non-hydrogen) atoms. The first-order valence-electron chi connectivity index (χ1n) is 8.95. The maximum absolute atomic E-state index is 13.0. The zero-order valence-corrected chi connectivity index (χ0v) is 16.9. The minimum absolute atomic E-state index is 0. The number of nitrogens with one attached hydrogen (secondary N) is 1. The molecule has 0 amide bonds. The first kappa shape index (κ1) is 21.7. The Labute approximate surface area is 171 Å². The van der Waals surface area contributed by atoms with Crippen LogP contribution in [0.4, 0.5) is 4.39 Å². The minimum Gasteiger partial charge on any atom is -0.493 e. The summed E-state index contributed by atoms with van der Waals surface area (Å²) in [5, 5.41) is 3.38. The highest BCUT2D eigenvalue weighted by molar-refractivity contribution is 5.85. The first-order valence-corrected chi connectivity index (χ1v) is 8.95. The first-order chi connectivity index (χ1) is 13.2. The van der Waals surface area contributed by atoms with Crippen LogP contribution in [0.25, 0.3) is 0 Å². The molecule has 0 fully saturated rings. The van der Waals surface area contributed by atoms with E-state index in [0.717, 1.165) is 22.4 Å². The summed E-state index contributed by atoms with van der Waals surface area (Å²) in [6.07, 6.45) is 0. The third-order valence-corrected chi connectivity index (χ3v) is 4.34. The third kappa shape index (κ3) is 5.98. The quantitative estimate of drug-likeness (QED) is 0.545. The minimum atomic E-state index is -0.224. The number of rotatable bonds is 8. The van der Waals surface area contributed by atoms with Crippen LogP contribution < -0.4 is 14.8 Å². The molecule has 0 heterocycles. The predicted molar refractivity (Wildman–Crippen MR) is 113 cm³/mol. The van der Waals surface area contributed by atoms with Crippen molar-refractivity contribution in [2.24, 2.45) is 0 Å². The summed E-state index contributed by atoms with van der Waals surface area (Å²) in [6.45, 7) is 3.81. The van der Waals surface area contributed by atoms with Gasteiger partial charge < -0.3 is 14.8 Å². The van der Waals surface area contributed by atoms with E-state index in [1.807, 2.05) is 18.2 Å². The highest BCUT2D eigenvalue weighted by atomic mass is 35.5. The third-order valence-electron chi connectivity index (χ3n) is 4.34. The molecule has 0 aliphatic heterocycles. The Balaban J connectivity index is 0.00000280. The SMILES string of the molecule is COc1cccc(CNCc2ccc(F)cc2)c1OCc1ccc(C)cc1.Cl. The van der Waals surface area contributed by atoms with Crippen LogP contribution in [0.5, 0.6) is 11.5 Å². The smallest absolute Gasteiger partial charge is 0.166 e. The molecule has 0 bridgehead atoms. The fraction of sp³-hybridized carbons (Fsp3) is 0.217. The maximum Gasteiger partial charge on any atom is 0.166 e. The van der Waals surface area contributed by atoms with Gasteiger partial charge in [-0.3, -0.25) is 0 Å². The summed E-state index contributed by atoms with van der Waals surface area (Å²) in [6, 6.07) is 20.7. The van der Waals surface area contributed by atoms with Gasteiger partial charge in [-0.1, -0.05) is 54.1 Å². The number of aryl methyl sites for hydroxylation is 1. The van der Waals surface area contributed by atoms with E-state index in [-0.39, 0.29) is 18.2 Å². The molecule has 3 aromatic rings. The van der Waals surface area contributed by atoms with Crippen molar-refractivity contribution in [2.45, 2.75) is 26.6 Å². The van der Waals surface area contributed by atoms with Gasteiger partial charge in [-0.25, -0.2) is 4.39 Å². The van der Waals surface area contributed by atoms with Crippen LogP contribution >= 0.6 is 12.4 Å². The molecule has 0 aromatic heterocycles. The lowest BCUT2D eigenvalue weighted by Crippen LogP contribution is -2.14. The Bertz CT molecular complexity index is 867. The summed E-state index contributed by atoms with van der Waals surface area (Å²) in [4.78, 5) is 0. The lowest BCUT2D eigenvalue weighted by molar-refractivity contribution is 0.280. The largest absolute Gasteiger partial charge is 0.493 e. The average Bonchev–Trinajstić information content (AvgIpc) is 2.69. The zero-order chi connectivity index (χ0) is 19.1. The summed E-state index contributed by atoms with van der Waals surface area (Å²) in [5.74, 6) is 1.23. The van der Waals surface area contributed by atoms with Gasteiger partial charge >= 0.3 is 0 Å². The molecule has 0 radical (unpaired) electrons. The number of para-hydroxylation sites is 1. The molecule has 1 N–H and O–H groups in total. The number of benzene rings is 3. The van der Waals surface area contributed by atoms with E-state index < -0.39 is 0 Å². The Kier molecular flexibility index (Phi) is 8.30. The Morgan fingerprint density at radius 1 is 0.857 bits per heavy atom. The van der Waals surface area contributed by atoms with E-state index >= 15 is 0 Å². The van der Waals surface area contributed by atoms with Gasteiger partial charge in [-0.2, -0.15) is 0 Å². The summed E-state index contributed by atoms with van der Waals surface area (Å²) in [5.41, 5.74) is 4.38. The van der Waals surface area contributed by atoms with Gasteiger partial charge in [0, 0.05) is 18.7 Å². The molecule has 0 atom stereocenters. The number of halogens is 2. The van der Waals surface area contributed by atoms with Crippen LogP contribution in [0.15, 0.2) is 66.7 Å². The Morgan fingerprint density at radius 2 is 1.54 bits per heavy atom. The molecule has 5 heteroatoms. The normalized spacial score (nSPS) is 10.2. The van der Waals surface area contributed by atoms with Crippen LogP contribution in [0.2, 0.25) is 0 Å². The molecule has 0 saturated carbocycles. The van der Waals surface area contributed by atoms with Gasteiger partial charge in [0.1, 0.15) is 12.4 Å². The lowest BCUT2D eigenvalue weighted by atomic mass is 10.1. The van der Waals surface area contributed by atoms with Crippen LogP contribution in [0.1, 0.15) is 22.3 Å². The zero-order valence-electron chi connectivity index (χ0n) is 16.1. The molecule has 0 aliphatic carbocycles. The summed E-state index contributed by atoms with van der Waals surface area (Å²) >= 11 is 0. The fourth-order valence-corrected chi connectivity index (χ4v) is 2.81. The van der Waals surface area contributed by atoms with Crippen LogP contribution in [-0.2, 0) is 19.7 Å². The number of methoxy groups -OCH3 is 1. The van der Waals surface area contributed by atoms with Crippen molar-refractivity contribution in [3.8, 4) is 11.5 Å². The standard InChI is InChI=1S/C23H24FNO2.ClH/c1-17-6-8-19(9-7-17)16-27-23-20(4-3-5-22(23)26-2)15-25-14-18-10-12-21(24)13-11-18;/h3-13,25H,14-16H2,1-2H3;1H. The number of hydrogen-bond acceptors (Lipinski definition) is 3. The maximum atomic E-state index is 13.0. The summed E-state index contributed by atoms with van der Waals surface area (Å²) in [7, 11) is 1.64. The number of hydrogen-bond donors (Lipinski definition) is 1. The van der Waals surface area contributed by atoms with E-state index in [1.54, 1.807) is 19.2 Å². The van der Waals surface area contributed by atoms with Crippen molar-refractivity contribution in [1.82, 2.24) is 5.32 Å². The average molecular weight is 402 g/mol. The van der Waals surface area contributed by atoms with Crippen molar-refractivity contribution in [3.63, 3.8) is 0 Å². The number of ether oxygens (including phenoxy) is 2. The van der Waals surface area contributed by atoms with Crippen molar-refractivity contribution >= 4 is 12.4 Å². The molecule has 3 nitrogen and oxygen atoms in total. The molecule has 0 aliphatic rings. The molecule has 3 aromatic carbocycles. The van der Waals surface area contributed by atoms with Crippen LogP contribution in [0, 0.1) is 12.7 Å². The second-order valence-electron chi connectivity index (χ2n) is 6.45. The van der Waals surface area contributed by atoms with Gasteiger partial charge in [-0.05, 0) is 36.2 Å². The Hall–Kier alpha value is -2.56. The molecule has 3 rings (SSSR count). The molecular formula is C23H25ClFNO2. The fourth-order valence-electron chi connectivity index (χ4n) is 2.81. The van der Waals surface area contributed by atoms with Gasteiger partial charge in [-0.15, -0.1) is 12.4 Å². The van der Waals surface area contributed by atoms with Gasteiger partial charge in [0.2, 0.25) is 0 Å². The van der Waals surface area contributed by atoms with Gasteiger partial charge in [0.15, 0.2) is 11.5 Å². The molecule has 0 unspecified atom stereocenters. The molecule has 0 saturated heterocycles. The van der Waals surface area contributed by atoms with Crippen molar-refractivity contribution in [2.75, 3.05) is 7.11 Å². The van der Waals surface area contributed by atoms with E-state index in [1.165, 1.54) is 17.7 Å². The van der Waals surface area contributed by atoms with Crippen molar-refractivity contribution < 1.29 is 13.9 Å². The highest BCUT2D eigenvalue weighted by Gasteiger charge is 2.11. The van der Waals surface area contributed by atoms with E-state index in [4.69, 9.17) is 9.47 Å².